The lowest BCUT2D eigenvalue weighted by Gasteiger charge is -2.23. The van der Waals surface area contributed by atoms with E-state index in [1.54, 1.807) is 0 Å². The Hall–Kier alpha value is -1.16. The van der Waals surface area contributed by atoms with Gasteiger partial charge in [-0.25, -0.2) is 8.42 Å². The minimum atomic E-state index is -3.77. The van der Waals surface area contributed by atoms with Gasteiger partial charge in [0.25, 0.3) is 10.0 Å². The van der Waals surface area contributed by atoms with Crippen LogP contribution in [0.3, 0.4) is 0 Å². The van der Waals surface area contributed by atoms with Gasteiger partial charge in [-0.15, -0.1) is 11.3 Å². The topological polar surface area (TPSA) is 95.6 Å². The Morgan fingerprint density at radius 2 is 2.04 bits per heavy atom. The Labute approximate surface area is 156 Å². The van der Waals surface area contributed by atoms with Gasteiger partial charge in [0.2, 0.25) is 11.8 Å². The van der Waals surface area contributed by atoms with Crippen LogP contribution in [0.4, 0.5) is 0 Å². The van der Waals surface area contributed by atoms with E-state index in [2.05, 4.69) is 10.6 Å². The fourth-order valence-electron chi connectivity index (χ4n) is 2.59. The number of amides is 2. The van der Waals surface area contributed by atoms with Gasteiger partial charge in [0.15, 0.2) is 0 Å². The Morgan fingerprint density at radius 3 is 2.60 bits per heavy atom. The number of hydrogen-bond donors (Lipinski definition) is 2. The quantitative estimate of drug-likeness (QED) is 0.774. The minimum Gasteiger partial charge on any atom is -0.350 e. The molecule has 2 N–H and O–H groups in total. The molecule has 1 aliphatic heterocycles. The lowest BCUT2D eigenvalue weighted by atomic mass is 10.1. The van der Waals surface area contributed by atoms with Crippen molar-refractivity contribution in [1.82, 2.24) is 14.9 Å². The fraction of sp³-hybridized carbons (Fsp3) is 0.600. The van der Waals surface area contributed by atoms with Gasteiger partial charge in [-0.05, 0) is 45.7 Å². The van der Waals surface area contributed by atoms with Gasteiger partial charge in [-0.2, -0.15) is 4.31 Å². The van der Waals surface area contributed by atoms with E-state index in [-0.39, 0.29) is 23.2 Å². The molecular weight excluding hydrogens is 386 g/mol. The smallest absolute Gasteiger partial charge is 0.253 e. The largest absolute Gasteiger partial charge is 0.350 e. The molecule has 0 spiro atoms. The number of nitrogens with zero attached hydrogens (tertiary/aromatic N) is 1. The van der Waals surface area contributed by atoms with E-state index in [0.717, 1.165) is 11.3 Å². The normalized spacial score (nSPS) is 19.0. The second-order valence-corrected chi connectivity index (χ2v) is 10.7. The summed E-state index contributed by atoms with van der Waals surface area (Å²) in [6, 6.07) is 2.14. The summed E-state index contributed by atoms with van der Waals surface area (Å²) in [5.41, 5.74) is -0.400. The summed E-state index contributed by atoms with van der Waals surface area (Å²) in [7, 11) is -3.77. The summed E-state index contributed by atoms with van der Waals surface area (Å²) in [5.74, 6) is -0.786. The van der Waals surface area contributed by atoms with Gasteiger partial charge in [0, 0.05) is 12.1 Å². The molecule has 10 heteroatoms. The molecule has 140 valence electrons. The predicted octanol–water partition coefficient (Wildman–Crippen LogP) is 1.59. The van der Waals surface area contributed by atoms with Crippen LogP contribution in [0.25, 0.3) is 0 Å². The zero-order valence-corrected chi connectivity index (χ0v) is 16.7. The molecule has 2 amide bonds. The van der Waals surface area contributed by atoms with Gasteiger partial charge >= 0.3 is 0 Å². The van der Waals surface area contributed by atoms with Crippen molar-refractivity contribution in [1.29, 1.82) is 0 Å². The summed E-state index contributed by atoms with van der Waals surface area (Å²) in [6.45, 7) is 5.59. The fourth-order valence-corrected chi connectivity index (χ4v) is 5.86. The van der Waals surface area contributed by atoms with Crippen LogP contribution in [0.5, 0.6) is 0 Å². The Morgan fingerprint density at radius 1 is 1.36 bits per heavy atom. The van der Waals surface area contributed by atoms with Crippen LogP contribution in [0, 0.1) is 0 Å². The second-order valence-electron chi connectivity index (χ2n) is 6.85. The van der Waals surface area contributed by atoms with Gasteiger partial charge in [-0.3, -0.25) is 9.59 Å². The monoisotopic (exact) mass is 407 g/mol. The molecule has 1 aliphatic rings. The Kier molecular flexibility index (Phi) is 6.13. The first kappa shape index (κ1) is 20.2. The van der Waals surface area contributed by atoms with Crippen molar-refractivity contribution in [2.45, 2.75) is 49.4 Å². The second kappa shape index (κ2) is 7.61. The van der Waals surface area contributed by atoms with Crippen LogP contribution in [0.1, 0.15) is 33.6 Å². The predicted molar refractivity (Wildman–Crippen MR) is 97.1 cm³/mol. The number of thiophene rings is 1. The highest BCUT2D eigenvalue weighted by Gasteiger charge is 2.40. The SMILES string of the molecule is CC(C)(C)NC(=O)CNC(=O)[C@@H]1CCCN1S(=O)(=O)c1ccc(Cl)s1. The molecule has 2 heterocycles. The Balaban J connectivity index is 2.03. The molecule has 0 unspecified atom stereocenters. The zero-order chi connectivity index (χ0) is 18.8. The minimum absolute atomic E-state index is 0.114. The molecule has 7 nitrogen and oxygen atoms in total. The first-order valence-electron chi connectivity index (χ1n) is 7.86. The summed E-state index contributed by atoms with van der Waals surface area (Å²) in [4.78, 5) is 24.2. The maximum atomic E-state index is 12.7. The molecule has 25 heavy (non-hydrogen) atoms. The van der Waals surface area contributed by atoms with Crippen LogP contribution < -0.4 is 10.6 Å². The van der Waals surface area contributed by atoms with Crippen LogP contribution in [-0.2, 0) is 19.6 Å². The lowest BCUT2D eigenvalue weighted by molar-refractivity contribution is -0.128. The highest BCUT2D eigenvalue weighted by atomic mass is 35.5. The van der Waals surface area contributed by atoms with E-state index < -0.39 is 27.5 Å². The number of nitrogens with one attached hydrogen (secondary N) is 2. The molecule has 1 atom stereocenters. The van der Waals surface area contributed by atoms with E-state index in [4.69, 9.17) is 11.6 Å². The Bertz CT molecular complexity index is 755. The molecule has 0 saturated carbocycles. The van der Waals surface area contributed by atoms with Crippen molar-refractivity contribution in [3.8, 4) is 0 Å². The van der Waals surface area contributed by atoms with Crippen molar-refractivity contribution in [3.05, 3.63) is 16.5 Å². The zero-order valence-electron chi connectivity index (χ0n) is 14.3. The lowest BCUT2D eigenvalue weighted by Crippen LogP contribution is -2.50. The van der Waals surface area contributed by atoms with Crippen LogP contribution in [0.15, 0.2) is 16.3 Å². The maximum Gasteiger partial charge on any atom is 0.253 e. The third-order valence-corrected chi connectivity index (χ3v) is 7.16. The van der Waals surface area contributed by atoms with Crippen molar-refractivity contribution in [2.75, 3.05) is 13.1 Å². The first-order valence-corrected chi connectivity index (χ1v) is 10.5. The number of sulfonamides is 1. The summed E-state index contributed by atoms with van der Waals surface area (Å²) in [6.07, 6.45) is 1.01. The average Bonchev–Trinajstić information content (AvgIpc) is 3.12. The number of rotatable bonds is 5. The molecule has 0 radical (unpaired) electrons. The number of hydrogen-bond acceptors (Lipinski definition) is 5. The highest BCUT2D eigenvalue weighted by molar-refractivity contribution is 7.91. The number of carbonyl (C=O) groups excluding carboxylic acids is 2. The third kappa shape index (κ3) is 5.16. The van der Waals surface area contributed by atoms with Crippen molar-refractivity contribution in [2.24, 2.45) is 0 Å². The first-order chi connectivity index (χ1) is 11.5. The van der Waals surface area contributed by atoms with E-state index in [0.29, 0.717) is 17.2 Å². The molecule has 1 aromatic heterocycles. The molecule has 1 fully saturated rings. The molecule has 2 rings (SSSR count). The third-order valence-electron chi connectivity index (χ3n) is 3.56. The van der Waals surface area contributed by atoms with Gasteiger partial charge in [0.05, 0.1) is 10.9 Å². The molecule has 1 aromatic rings. The molecular formula is C15H22ClN3O4S2. The van der Waals surface area contributed by atoms with Crippen LogP contribution >= 0.6 is 22.9 Å². The average molecular weight is 408 g/mol. The summed E-state index contributed by atoms with van der Waals surface area (Å²) >= 11 is 6.78. The van der Waals surface area contributed by atoms with E-state index in [9.17, 15) is 18.0 Å². The van der Waals surface area contributed by atoms with Gasteiger partial charge < -0.3 is 10.6 Å². The molecule has 1 saturated heterocycles. The molecule has 0 bridgehead atoms. The van der Waals surface area contributed by atoms with Gasteiger partial charge in [-0.1, -0.05) is 11.6 Å². The summed E-state index contributed by atoms with van der Waals surface area (Å²) < 4.78 is 27.1. The van der Waals surface area contributed by atoms with Crippen molar-refractivity contribution < 1.29 is 18.0 Å². The van der Waals surface area contributed by atoms with E-state index >= 15 is 0 Å². The van der Waals surface area contributed by atoms with Crippen molar-refractivity contribution >= 4 is 44.8 Å². The maximum absolute atomic E-state index is 12.7. The van der Waals surface area contributed by atoms with Crippen LogP contribution in [-0.4, -0.2) is 49.2 Å². The number of carbonyl (C=O) groups is 2. The summed E-state index contributed by atoms with van der Waals surface area (Å²) in [5, 5.41) is 5.26. The standard InChI is InChI=1S/C15H22ClN3O4S2/c1-15(2,3)18-12(20)9-17-14(21)10-5-4-8-19(10)25(22,23)13-7-6-11(16)24-13/h6-7,10H,4-5,8-9H2,1-3H3,(H,17,21)(H,18,20)/t10-/m0/s1. The van der Waals surface area contributed by atoms with Crippen LogP contribution in [0.2, 0.25) is 4.34 Å². The van der Waals surface area contributed by atoms with E-state index in [1.807, 2.05) is 20.8 Å². The number of halogens is 1. The van der Waals surface area contributed by atoms with Crippen molar-refractivity contribution in [3.63, 3.8) is 0 Å². The molecule has 0 aliphatic carbocycles. The molecule has 0 aromatic carbocycles. The highest BCUT2D eigenvalue weighted by Crippen LogP contribution is 2.32. The van der Waals surface area contributed by atoms with Gasteiger partial charge in [0.1, 0.15) is 10.3 Å². The van der Waals surface area contributed by atoms with E-state index in [1.165, 1.54) is 16.4 Å².